The third kappa shape index (κ3) is 7.11. The van der Waals surface area contributed by atoms with E-state index in [0.29, 0.717) is 24.0 Å². The Morgan fingerprint density at radius 1 is 0.932 bits per heavy atom. The van der Waals surface area contributed by atoms with Gasteiger partial charge in [0.05, 0.1) is 25.0 Å². The third-order valence-corrected chi connectivity index (χ3v) is 7.92. The van der Waals surface area contributed by atoms with Crippen LogP contribution in [0.25, 0.3) is 0 Å². The van der Waals surface area contributed by atoms with Crippen molar-refractivity contribution in [3.63, 3.8) is 0 Å². The molecule has 44 heavy (non-hydrogen) atoms. The van der Waals surface area contributed by atoms with E-state index in [4.69, 9.17) is 4.74 Å². The number of hydrogen-bond donors (Lipinski definition) is 1. The summed E-state index contributed by atoms with van der Waals surface area (Å²) in [7, 11) is 0. The van der Waals surface area contributed by atoms with Gasteiger partial charge in [-0.25, -0.2) is 14.8 Å². The molecule has 2 saturated heterocycles. The Kier molecular flexibility index (Phi) is 9.51. The molecule has 0 radical (unpaired) electrons. The van der Waals surface area contributed by atoms with E-state index >= 15 is 0 Å². The van der Waals surface area contributed by atoms with Gasteiger partial charge >= 0.3 is 6.09 Å². The lowest BCUT2D eigenvalue weighted by molar-refractivity contribution is -0.154. The number of carbonyl (C=O) groups excluding carboxylic acids is 5. The van der Waals surface area contributed by atoms with Gasteiger partial charge in [0.1, 0.15) is 11.6 Å². The zero-order valence-electron chi connectivity index (χ0n) is 26.8. The van der Waals surface area contributed by atoms with E-state index in [9.17, 15) is 24.0 Å². The first-order chi connectivity index (χ1) is 20.6. The first-order valence-corrected chi connectivity index (χ1v) is 15.2. The number of ether oxygens (including phenoxy) is 1. The molecule has 4 amide bonds. The fourth-order valence-electron chi connectivity index (χ4n) is 5.67. The molecule has 0 aliphatic carbocycles. The number of likely N-dealkylation sites (tertiary alicyclic amines) is 1. The van der Waals surface area contributed by atoms with Crippen LogP contribution in [0.15, 0.2) is 54.6 Å². The van der Waals surface area contributed by atoms with Gasteiger partial charge in [-0.15, -0.1) is 0 Å². The molecule has 2 aliphatic rings. The van der Waals surface area contributed by atoms with Crippen molar-refractivity contribution in [2.75, 3.05) is 19.6 Å². The van der Waals surface area contributed by atoms with Crippen LogP contribution in [0.2, 0.25) is 0 Å². The molecule has 4 rings (SSSR count). The maximum absolute atomic E-state index is 14.2. The number of rotatable bonds is 7. The van der Waals surface area contributed by atoms with E-state index in [-0.39, 0.29) is 42.6 Å². The lowest BCUT2D eigenvalue weighted by atomic mass is 9.86. The Labute approximate surface area is 259 Å². The van der Waals surface area contributed by atoms with Crippen molar-refractivity contribution >= 4 is 29.6 Å². The molecule has 1 N–H and O–H groups in total. The first-order valence-electron chi connectivity index (χ1n) is 15.2. The molecule has 0 unspecified atom stereocenters. The number of Topliss-reactive ketones (excluding diaryl/α,β-unsaturated/α-hetero) is 1. The fourth-order valence-corrected chi connectivity index (χ4v) is 5.67. The molecule has 2 fully saturated rings. The summed E-state index contributed by atoms with van der Waals surface area (Å²) in [4.78, 5) is 69.0. The van der Waals surface area contributed by atoms with Crippen molar-refractivity contribution in [3.05, 3.63) is 71.3 Å². The number of hydrazine groups is 1. The van der Waals surface area contributed by atoms with Gasteiger partial charge in [-0.3, -0.25) is 19.2 Å². The van der Waals surface area contributed by atoms with E-state index in [0.717, 1.165) is 10.6 Å². The second kappa shape index (κ2) is 12.8. The van der Waals surface area contributed by atoms with Crippen LogP contribution in [0.3, 0.4) is 0 Å². The normalized spacial score (nSPS) is 19.1. The summed E-state index contributed by atoms with van der Waals surface area (Å²) in [6.07, 6.45) is 0.269. The van der Waals surface area contributed by atoms with Gasteiger partial charge in [-0.1, -0.05) is 64.4 Å². The smallest absolute Gasteiger partial charge is 0.429 e. The Hall–Kier alpha value is -4.21. The number of fused-ring (bicyclic) bond motifs is 1. The number of amides is 4. The second-order valence-electron chi connectivity index (χ2n) is 13.5. The lowest BCUT2D eigenvalue weighted by Gasteiger charge is -2.34. The van der Waals surface area contributed by atoms with E-state index in [1.165, 1.54) is 9.91 Å². The first kappa shape index (κ1) is 32.7. The van der Waals surface area contributed by atoms with Crippen molar-refractivity contribution in [1.29, 1.82) is 0 Å². The molecular weight excluding hydrogens is 560 g/mol. The van der Waals surface area contributed by atoms with Crippen molar-refractivity contribution in [3.8, 4) is 0 Å². The summed E-state index contributed by atoms with van der Waals surface area (Å²) in [6, 6.07) is 14.2. The molecule has 0 spiro atoms. The molecule has 2 aromatic rings. The molecular formula is C34H44N4O6. The molecule has 10 heteroatoms. The van der Waals surface area contributed by atoms with Crippen molar-refractivity contribution in [2.45, 2.75) is 84.4 Å². The summed E-state index contributed by atoms with van der Waals surface area (Å²) in [6.45, 7) is 13.1. The Bertz CT molecular complexity index is 1390. The van der Waals surface area contributed by atoms with E-state index in [1.54, 1.807) is 63.2 Å². The SMILES string of the molecule is CCC[C@@H](CNC(=O)c1ccc(C(C)(C)C)cc1)C(=O)N1[C@@H]2C(=O)CN(C(=O)c3ccccc3)[C@@H]2CN1C(=O)OC(C)(C)C. The molecule has 0 aromatic heterocycles. The van der Waals surface area contributed by atoms with E-state index in [2.05, 4.69) is 26.1 Å². The molecule has 2 aliphatic heterocycles. The standard InChI is InChI=1S/C34H44N4O6/c1-8-12-24(19-35-29(40)22-15-17-25(18-16-22)33(2,3)4)31(42)38-28-26(20-37(38)32(43)44-34(5,6)7)36(21-27(28)39)30(41)23-13-10-9-11-14-23/h9-11,13-18,24,26,28H,8,12,19-21H2,1-7H3,(H,35,40)/t24-,26+,28-/m0/s1. The van der Waals surface area contributed by atoms with Crippen LogP contribution in [0, 0.1) is 5.92 Å². The van der Waals surface area contributed by atoms with Crippen LogP contribution < -0.4 is 5.32 Å². The largest absolute Gasteiger partial charge is 0.442 e. The fraction of sp³-hybridized carbons (Fsp3) is 0.500. The van der Waals surface area contributed by atoms with Crippen LogP contribution in [0.5, 0.6) is 0 Å². The highest BCUT2D eigenvalue weighted by Gasteiger charge is 2.57. The van der Waals surface area contributed by atoms with Gasteiger partial charge in [0, 0.05) is 17.7 Å². The zero-order valence-corrected chi connectivity index (χ0v) is 26.8. The summed E-state index contributed by atoms with van der Waals surface area (Å²) in [5.41, 5.74) is 1.07. The van der Waals surface area contributed by atoms with E-state index < -0.39 is 35.6 Å². The van der Waals surface area contributed by atoms with Crippen LogP contribution in [-0.2, 0) is 19.7 Å². The van der Waals surface area contributed by atoms with Gasteiger partial charge < -0.3 is 15.0 Å². The Balaban J connectivity index is 1.58. The maximum Gasteiger partial charge on any atom is 0.429 e. The summed E-state index contributed by atoms with van der Waals surface area (Å²) < 4.78 is 5.62. The number of benzene rings is 2. The maximum atomic E-state index is 14.2. The number of carbonyl (C=O) groups is 5. The van der Waals surface area contributed by atoms with E-state index in [1.807, 2.05) is 19.1 Å². The van der Waals surface area contributed by atoms with Crippen molar-refractivity contribution in [1.82, 2.24) is 20.2 Å². The number of ketones is 1. The molecule has 2 aromatic carbocycles. The minimum atomic E-state index is -1.04. The summed E-state index contributed by atoms with van der Waals surface area (Å²) in [5, 5.41) is 5.22. The third-order valence-electron chi connectivity index (χ3n) is 7.92. The van der Waals surface area contributed by atoms with Gasteiger partial charge in [-0.2, -0.15) is 0 Å². The molecule has 10 nitrogen and oxygen atoms in total. The van der Waals surface area contributed by atoms with Gasteiger partial charge in [-0.05, 0) is 62.4 Å². The predicted octanol–water partition coefficient (Wildman–Crippen LogP) is 4.59. The highest BCUT2D eigenvalue weighted by molar-refractivity contribution is 6.03. The van der Waals surface area contributed by atoms with Crippen LogP contribution >= 0.6 is 0 Å². The highest BCUT2D eigenvalue weighted by Crippen LogP contribution is 2.33. The number of hydrogen-bond acceptors (Lipinski definition) is 6. The average Bonchev–Trinajstić information content (AvgIpc) is 3.51. The minimum absolute atomic E-state index is 0.0173. The lowest BCUT2D eigenvalue weighted by Crippen LogP contribution is -2.54. The van der Waals surface area contributed by atoms with Crippen LogP contribution in [-0.4, -0.2) is 81.8 Å². The minimum Gasteiger partial charge on any atom is -0.442 e. The van der Waals surface area contributed by atoms with Crippen LogP contribution in [0.4, 0.5) is 4.79 Å². The van der Waals surface area contributed by atoms with Gasteiger partial charge in [0.15, 0.2) is 5.78 Å². The molecule has 236 valence electrons. The zero-order chi connectivity index (χ0) is 32.4. The van der Waals surface area contributed by atoms with Gasteiger partial charge in [0.2, 0.25) is 5.91 Å². The molecule has 0 bridgehead atoms. The molecule has 2 heterocycles. The summed E-state index contributed by atoms with van der Waals surface area (Å²) in [5.74, 6) is -2.19. The topological polar surface area (TPSA) is 116 Å². The second-order valence-corrected chi connectivity index (χ2v) is 13.5. The number of nitrogens with zero attached hydrogens (tertiary/aromatic N) is 3. The molecule has 3 atom stereocenters. The van der Waals surface area contributed by atoms with Crippen LogP contribution in [0.1, 0.15) is 87.6 Å². The monoisotopic (exact) mass is 604 g/mol. The average molecular weight is 605 g/mol. The van der Waals surface area contributed by atoms with Crippen molar-refractivity contribution < 1.29 is 28.7 Å². The quantitative estimate of drug-likeness (QED) is 0.495. The Morgan fingerprint density at radius 3 is 2.14 bits per heavy atom. The number of nitrogens with one attached hydrogen (secondary N) is 1. The van der Waals surface area contributed by atoms with Crippen molar-refractivity contribution in [2.24, 2.45) is 5.92 Å². The highest BCUT2D eigenvalue weighted by atomic mass is 16.6. The summed E-state index contributed by atoms with van der Waals surface area (Å²) >= 11 is 0. The predicted molar refractivity (Wildman–Crippen MR) is 166 cm³/mol. The van der Waals surface area contributed by atoms with Gasteiger partial charge in [0.25, 0.3) is 11.8 Å². The molecule has 0 saturated carbocycles. The Morgan fingerprint density at radius 2 is 1.57 bits per heavy atom.